The maximum absolute atomic E-state index is 12.4. The summed E-state index contributed by atoms with van der Waals surface area (Å²) in [6, 6.07) is 13.6. The van der Waals surface area contributed by atoms with Crippen LogP contribution in [0.2, 0.25) is 0 Å². The Balaban J connectivity index is 1.53. The number of ether oxygens (including phenoxy) is 3. The van der Waals surface area contributed by atoms with Crippen LogP contribution in [0.5, 0.6) is 17.2 Å². The summed E-state index contributed by atoms with van der Waals surface area (Å²) in [6.07, 6.45) is 1.17. The zero-order chi connectivity index (χ0) is 17.6. The van der Waals surface area contributed by atoms with E-state index in [2.05, 4.69) is 0 Å². The van der Waals surface area contributed by atoms with Crippen molar-refractivity contribution in [3.05, 3.63) is 53.6 Å². The van der Waals surface area contributed by atoms with E-state index in [-0.39, 0.29) is 5.91 Å². The summed E-state index contributed by atoms with van der Waals surface area (Å²) < 4.78 is 16.2. The van der Waals surface area contributed by atoms with Crippen LogP contribution in [-0.2, 0) is 17.6 Å². The number of fused-ring (bicyclic) bond motifs is 1. The van der Waals surface area contributed by atoms with E-state index >= 15 is 0 Å². The number of hydrogen-bond donors (Lipinski definition) is 0. The smallest absolute Gasteiger partial charge is 0.226 e. The van der Waals surface area contributed by atoms with Crippen LogP contribution in [0.25, 0.3) is 0 Å². The van der Waals surface area contributed by atoms with Crippen molar-refractivity contribution in [3.8, 4) is 17.2 Å². The van der Waals surface area contributed by atoms with E-state index in [1.807, 2.05) is 49.5 Å². The standard InChI is InChI=1S/C20H23NO4/c1-21(10-9-15-3-6-17(23-2)7-4-15)20(22)14-16-5-8-18-19(13-16)25-12-11-24-18/h3-8,13H,9-12,14H2,1-2H3. The molecule has 1 aliphatic heterocycles. The number of nitrogens with zero attached hydrogens (tertiary/aromatic N) is 1. The fourth-order valence-corrected chi connectivity index (χ4v) is 2.72. The second-order valence-corrected chi connectivity index (χ2v) is 6.07. The highest BCUT2D eigenvalue weighted by Gasteiger charge is 2.15. The zero-order valence-electron chi connectivity index (χ0n) is 14.7. The fourth-order valence-electron chi connectivity index (χ4n) is 2.72. The molecule has 0 saturated heterocycles. The van der Waals surface area contributed by atoms with Crippen molar-refractivity contribution in [1.29, 1.82) is 0 Å². The summed E-state index contributed by atoms with van der Waals surface area (Å²) in [6.45, 7) is 1.79. The zero-order valence-corrected chi connectivity index (χ0v) is 14.7. The minimum absolute atomic E-state index is 0.0881. The Kier molecular flexibility index (Phi) is 5.43. The number of hydrogen-bond acceptors (Lipinski definition) is 4. The highest BCUT2D eigenvalue weighted by atomic mass is 16.6. The average Bonchev–Trinajstić information content (AvgIpc) is 2.66. The third-order valence-electron chi connectivity index (χ3n) is 4.28. The molecule has 0 aromatic heterocycles. The predicted octanol–water partition coefficient (Wildman–Crippen LogP) is 2.71. The number of rotatable bonds is 6. The molecule has 0 aliphatic carbocycles. The largest absolute Gasteiger partial charge is 0.497 e. The first-order chi connectivity index (χ1) is 12.2. The van der Waals surface area contributed by atoms with Crippen molar-refractivity contribution in [2.24, 2.45) is 0 Å². The Morgan fingerprint density at radius 3 is 2.44 bits per heavy atom. The minimum Gasteiger partial charge on any atom is -0.497 e. The van der Waals surface area contributed by atoms with E-state index in [1.165, 1.54) is 5.56 Å². The maximum Gasteiger partial charge on any atom is 0.226 e. The van der Waals surface area contributed by atoms with Gasteiger partial charge in [-0.1, -0.05) is 18.2 Å². The Bertz CT molecular complexity index is 727. The molecule has 0 N–H and O–H groups in total. The molecule has 25 heavy (non-hydrogen) atoms. The number of carbonyl (C=O) groups is 1. The van der Waals surface area contributed by atoms with Gasteiger partial charge in [0.2, 0.25) is 5.91 Å². The van der Waals surface area contributed by atoms with E-state index in [9.17, 15) is 4.79 Å². The number of carbonyl (C=O) groups excluding carboxylic acids is 1. The van der Waals surface area contributed by atoms with Crippen LogP contribution in [0.1, 0.15) is 11.1 Å². The second kappa shape index (κ2) is 7.92. The van der Waals surface area contributed by atoms with Gasteiger partial charge in [-0.15, -0.1) is 0 Å². The molecule has 0 radical (unpaired) electrons. The Labute approximate surface area is 148 Å². The van der Waals surface area contributed by atoms with Crippen LogP contribution in [0.4, 0.5) is 0 Å². The molecular formula is C20H23NO4. The normalized spacial score (nSPS) is 12.6. The molecular weight excluding hydrogens is 318 g/mol. The first-order valence-electron chi connectivity index (χ1n) is 8.41. The number of amides is 1. The number of benzene rings is 2. The van der Waals surface area contributed by atoms with E-state index in [0.29, 0.717) is 26.2 Å². The third kappa shape index (κ3) is 4.44. The molecule has 132 valence electrons. The summed E-state index contributed by atoms with van der Waals surface area (Å²) >= 11 is 0. The van der Waals surface area contributed by atoms with Gasteiger partial charge in [0.1, 0.15) is 19.0 Å². The number of likely N-dealkylation sites (N-methyl/N-ethyl adjacent to an activating group) is 1. The van der Waals surface area contributed by atoms with Gasteiger partial charge in [-0.05, 0) is 41.8 Å². The van der Waals surface area contributed by atoms with Crippen LogP contribution in [0, 0.1) is 0 Å². The number of methoxy groups -OCH3 is 1. The lowest BCUT2D eigenvalue weighted by molar-refractivity contribution is -0.129. The molecule has 5 heteroatoms. The van der Waals surface area contributed by atoms with Gasteiger partial charge in [0.25, 0.3) is 0 Å². The summed E-state index contributed by atoms with van der Waals surface area (Å²) in [4.78, 5) is 14.2. The first kappa shape index (κ1) is 17.1. The topological polar surface area (TPSA) is 48.0 Å². The van der Waals surface area contributed by atoms with E-state index in [0.717, 1.165) is 29.2 Å². The summed E-state index contributed by atoms with van der Waals surface area (Å²) in [5.41, 5.74) is 2.12. The second-order valence-electron chi connectivity index (χ2n) is 6.07. The van der Waals surface area contributed by atoms with Crippen LogP contribution >= 0.6 is 0 Å². The van der Waals surface area contributed by atoms with Crippen molar-refractivity contribution in [2.75, 3.05) is 33.9 Å². The third-order valence-corrected chi connectivity index (χ3v) is 4.28. The summed E-state index contributed by atoms with van der Waals surface area (Å²) in [5, 5.41) is 0. The minimum atomic E-state index is 0.0881. The molecule has 1 amide bonds. The van der Waals surface area contributed by atoms with Crippen LogP contribution in [-0.4, -0.2) is 44.7 Å². The lowest BCUT2D eigenvalue weighted by atomic mass is 10.1. The van der Waals surface area contributed by atoms with Crippen molar-refractivity contribution in [1.82, 2.24) is 4.90 Å². The van der Waals surface area contributed by atoms with Gasteiger partial charge < -0.3 is 19.1 Å². The molecule has 2 aromatic carbocycles. The lowest BCUT2D eigenvalue weighted by Crippen LogP contribution is -2.30. The predicted molar refractivity (Wildman–Crippen MR) is 95.5 cm³/mol. The summed E-state index contributed by atoms with van der Waals surface area (Å²) in [7, 11) is 3.49. The van der Waals surface area contributed by atoms with Gasteiger partial charge in [0, 0.05) is 13.6 Å². The van der Waals surface area contributed by atoms with Gasteiger partial charge in [-0.3, -0.25) is 4.79 Å². The summed E-state index contributed by atoms with van der Waals surface area (Å²) in [5.74, 6) is 2.39. The van der Waals surface area contributed by atoms with Crippen molar-refractivity contribution < 1.29 is 19.0 Å². The van der Waals surface area contributed by atoms with Crippen LogP contribution in [0.15, 0.2) is 42.5 Å². The molecule has 1 heterocycles. The lowest BCUT2D eigenvalue weighted by Gasteiger charge is -2.20. The Morgan fingerprint density at radius 1 is 1.04 bits per heavy atom. The quantitative estimate of drug-likeness (QED) is 0.811. The van der Waals surface area contributed by atoms with Gasteiger partial charge >= 0.3 is 0 Å². The molecule has 5 nitrogen and oxygen atoms in total. The fraction of sp³-hybridized carbons (Fsp3) is 0.350. The molecule has 0 saturated carbocycles. The first-order valence-corrected chi connectivity index (χ1v) is 8.41. The van der Waals surface area contributed by atoms with Crippen molar-refractivity contribution in [2.45, 2.75) is 12.8 Å². The van der Waals surface area contributed by atoms with E-state index < -0.39 is 0 Å². The molecule has 0 bridgehead atoms. The highest BCUT2D eigenvalue weighted by molar-refractivity contribution is 5.78. The van der Waals surface area contributed by atoms with Gasteiger partial charge in [-0.25, -0.2) is 0 Å². The maximum atomic E-state index is 12.4. The Morgan fingerprint density at radius 2 is 1.72 bits per heavy atom. The Hall–Kier alpha value is -2.69. The molecule has 3 rings (SSSR count). The SMILES string of the molecule is COc1ccc(CCN(C)C(=O)Cc2ccc3c(c2)OCCO3)cc1. The van der Waals surface area contributed by atoms with E-state index in [1.54, 1.807) is 12.0 Å². The van der Waals surface area contributed by atoms with Gasteiger partial charge in [0.15, 0.2) is 11.5 Å². The van der Waals surface area contributed by atoms with Gasteiger partial charge in [-0.2, -0.15) is 0 Å². The molecule has 2 aromatic rings. The molecule has 0 fully saturated rings. The van der Waals surface area contributed by atoms with Gasteiger partial charge in [0.05, 0.1) is 13.5 Å². The molecule has 0 atom stereocenters. The van der Waals surface area contributed by atoms with Crippen molar-refractivity contribution >= 4 is 5.91 Å². The van der Waals surface area contributed by atoms with E-state index in [4.69, 9.17) is 14.2 Å². The monoisotopic (exact) mass is 341 g/mol. The average molecular weight is 341 g/mol. The molecule has 0 spiro atoms. The molecule has 0 unspecified atom stereocenters. The highest BCUT2D eigenvalue weighted by Crippen LogP contribution is 2.30. The van der Waals surface area contributed by atoms with Crippen molar-refractivity contribution in [3.63, 3.8) is 0 Å². The van der Waals surface area contributed by atoms with Crippen LogP contribution in [0.3, 0.4) is 0 Å². The van der Waals surface area contributed by atoms with Crippen LogP contribution < -0.4 is 14.2 Å². The molecule has 1 aliphatic rings.